The summed E-state index contributed by atoms with van der Waals surface area (Å²) in [6.45, 7) is 1.47. The van der Waals surface area contributed by atoms with Crippen LogP contribution in [0.1, 0.15) is 18.5 Å². The molecule has 1 N–H and O–H groups in total. The standard InChI is InChI=1S/C11H16ClF3N4/c1-19(2)6-4-3-5-16-9-7-8(11(13,14)15)17-10(12)18-9/h7H,3-6H2,1-2H3,(H,16,17,18). The summed E-state index contributed by atoms with van der Waals surface area (Å²) in [7, 11) is 3.93. The van der Waals surface area contributed by atoms with Crippen LogP contribution < -0.4 is 5.32 Å². The minimum Gasteiger partial charge on any atom is -0.370 e. The van der Waals surface area contributed by atoms with Gasteiger partial charge in [0.05, 0.1) is 0 Å². The molecule has 0 spiro atoms. The normalized spacial score (nSPS) is 11.9. The third kappa shape index (κ3) is 6.07. The summed E-state index contributed by atoms with van der Waals surface area (Å²) >= 11 is 5.47. The fourth-order valence-corrected chi connectivity index (χ4v) is 1.61. The number of rotatable bonds is 6. The molecule has 0 bridgehead atoms. The van der Waals surface area contributed by atoms with Crippen LogP contribution in [-0.2, 0) is 6.18 Å². The fraction of sp³-hybridized carbons (Fsp3) is 0.636. The molecule has 0 fully saturated rings. The van der Waals surface area contributed by atoms with Crippen molar-refractivity contribution in [2.45, 2.75) is 19.0 Å². The van der Waals surface area contributed by atoms with E-state index in [1.165, 1.54) is 0 Å². The zero-order chi connectivity index (χ0) is 14.5. The van der Waals surface area contributed by atoms with Crippen molar-refractivity contribution in [1.29, 1.82) is 0 Å². The molecule has 1 heterocycles. The Balaban J connectivity index is 2.52. The molecule has 0 aliphatic carbocycles. The first-order chi connectivity index (χ1) is 8.79. The van der Waals surface area contributed by atoms with Crippen molar-refractivity contribution >= 4 is 17.4 Å². The van der Waals surface area contributed by atoms with Gasteiger partial charge >= 0.3 is 6.18 Å². The zero-order valence-electron chi connectivity index (χ0n) is 10.8. The van der Waals surface area contributed by atoms with Crippen molar-refractivity contribution in [3.63, 3.8) is 0 Å². The summed E-state index contributed by atoms with van der Waals surface area (Å²) in [4.78, 5) is 8.91. The second-order valence-electron chi connectivity index (χ2n) is 4.34. The van der Waals surface area contributed by atoms with Crippen LogP contribution in [0.5, 0.6) is 0 Å². The Labute approximate surface area is 115 Å². The van der Waals surface area contributed by atoms with E-state index in [0.717, 1.165) is 25.5 Å². The van der Waals surface area contributed by atoms with E-state index in [1.54, 1.807) is 0 Å². The van der Waals surface area contributed by atoms with Crippen LogP contribution in [0.25, 0.3) is 0 Å². The van der Waals surface area contributed by atoms with Gasteiger partial charge in [0, 0.05) is 12.6 Å². The number of halogens is 4. The first-order valence-corrected chi connectivity index (χ1v) is 6.17. The lowest BCUT2D eigenvalue weighted by atomic mass is 10.3. The summed E-state index contributed by atoms with van der Waals surface area (Å²) in [6.07, 6.45) is -2.74. The molecule has 19 heavy (non-hydrogen) atoms. The highest BCUT2D eigenvalue weighted by atomic mass is 35.5. The van der Waals surface area contributed by atoms with Crippen molar-refractivity contribution in [1.82, 2.24) is 14.9 Å². The first kappa shape index (κ1) is 16.0. The van der Waals surface area contributed by atoms with Crippen LogP contribution in [-0.4, -0.2) is 42.1 Å². The summed E-state index contributed by atoms with van der Waals surface area (Å²) in [5, 5.41) is 2.41. The van der Waals surface area contributed by atoms with E-state index in [1.807, 2.05) is 19.0 Å². The predicted molar refractivity (Wildman–Crippen MR) is 68.3 cm³/mol. The minimum atomic E-state index is -4.52. The van der Waals surface area contributed by atoms with Gasteiger partial charge in [-0.15, -0.1) is 0 Å². The second-order valence-corrected chi connectivity index (χ2v) is 4.68. The third-order valence-corrected chi connectivity index (χ3v) is 2.50. The molecule has 0 saturated heterocycles. The Bertz CT molecular complexity index is 409. The van der Waals surface area contributed by atoms with Gasteiger partial charge < -0.3 is 10.2 Å². The molecule has 0 atom stereocenters. The highest BCUT2D eigenvalue weighted by Crippen LogP contribution is 2.29. The second kappa shape index (κ2) is 6.91. The zero-order valence-corrected chi connectivity index (χ0v) is 11.5. The van der Waals surface area contributed by atoms with Crippen molar-refractivity contribution < 1.29 is 13.2 Å². The molecular weight excluding hydrogens is 281 g/mol. The van der Waals surface area contributed by atoms with Gasteiger partial charge in [0.25, 0.3) is 0 Å². The van der Waals surface area contributed by atoms with E-state index in [-0.39, 0.29) is 5.82 Å². The van der Waals surface area contributed by atoms with Crippen molar-refractivity contribution in [2.24, 2.45) is 0 Å². The number of aromatic nitrogens is 2. The molecular formula is C11H16ClF3N4. The Kier molecular flexibility index (Phi) is 5.81. The number of anilines is 1. The number of hydrogen-bond donors (Lipinski definition) is 1. The topological polar surface area (TPSA) is 41.0 Å². The summed E-state index contributed by atoms with van der Waals surface area (Å²) in [5.41, 5.74) is -1.04. The number of alkyl halides is 3. The lowest BCUT2D eigenvalue weighted by molar-refractivity contribution is -0.141. The van der Waals surface area contributed by atoms with Gasteiger partial charge in [-0.2, -0.15) is 13.2 Å². The van der Waals surface area contributed by atoms with E-state index in [4.69, 9.17) is 11.6 Å². The molecule has 108 valence electrons. The smallest absolute Gasteiger partial charge is 0.370 e. The lowest BCUT2D eigenvalue weighted by Gasteiger charge is -2.11. The molecule has 0 aliphatic heterocycles. The van der Waals surface area contributed by atoms with Crippen LogP contribution in [0.2, 0.25) is 5.28 Å². The maximum Gasteiger partial charge on any atom is 0.433 e. The highest BCUT2D eigenvalue weighted by molar-refractivity contribution is 6.28. The molecule has 1 aromatic heterocycles. The van der Waals surface area contributed by atoms with Gasteiger partial charge in [-0.05, 0) is 45.1 Å². The van der Waals surface area contributed by atoms with Crippen molar-refractivity contribution in [3.8, 4) is 0 Å². The third-order valence-electron chi connectivity index (χ3n) is 2.33. The van der Waals surface area contributed by atoms with Crippen LogP contribution in [0.3, 0.4) is 0 Å². The van der Waals surface area contributed by atoms with E-state index in [0.29, 0.717) is 6.54 Å². The average molecular weight is 297 g/mol. The quantitative estimate of drug-likeness (QED) is 0.647. The van der Waals surface area contributed by atoms with Crippen LogP contribution >= 0.6 is 11.6 Å². The van der Waals surface area contributed by atoms with E-state index >= 15 is 0 Å². The SMILES string of the molecule is CN(C)CCCCNc1cc(C(F)(F)F)nc(Cl)n1. The molecule has 4 nitrogen and oxygen atoms in total. The number of nitrogens with zero attached hydrogens (tertiary/aromatic N) is 3. The van der Waals surface area contributed by atoms with Gasteiger partial charge in [0.2, 0.25) is 5.28 Å². The van der Waals surface area contributed by atoms with Crippen LogP contribution in [0.15, 0.2) is 6.07 Å². The predicted octanol–water partition coefficient (Wildman–Crippen LogP) is 2.90. The Morgan fingerprint density at radius 2 is 1.95 bits per heavy atom. The van der Waals surface area contributed by atoms with Crippen LogP contribution in [0, 0.1) is 0 Å². The fourth-order valence-electron chi connectivity index (χ4n) is 1.42. The molecule has 0 radical (unpaired) electrons. The Morgan fingerprint density at radius 1 is 1.26 bits per heavy atom. The lowest BCUT2D eigenvalue weighted by Crippen LogP contribution is -2.15. The van der Waals surface area contributed by atoms with E-state index in [2.05, 4.69) is 15.3 Å². The summed E-state index contributed by atoms with van der Waals surface area (Å²) in [6, 6.07) is 0.859. The molecule has 1 rings (SSSR count). The molecule has 0 amide bonds. The molecule has 0 saturated carbocycles. The first-order valence-electron chi connectivity index (χ1n) is 5.79. The largest absolute Gasteiger partial charge is 0.433 e. The van der Waals surface area contributed by atoms with Gasteiger partial charge in [-0.25, -0.2) is 9.97 Å². The highest BCUT2D eigenvalue weighted by Gasteiger charge is 2.33. The molecule has 0 aliphatic rings. The van der Waals surface area contributed by atoms with Crippen molar-refractivity contribution in [3.05, 3.63) is 17.0 Å². The monoisotopic (exact) mass is 296 g/mol. The molecule has 0 unspecified atom stereocenters. The molecule has 8 heteroatoms. The maximum absolute atomic E-state index is 12.5. The Morgan fingerprint density at radius 3 is 2.53 bits per heavy atom. The van der Waals surface area contributed by atoms with Crippen LogP contribution in [0.4, 0.5) is 19.0 Å². The molecule has 0 aromatic carbocycles. The minimum absolute atomic E-state index is 0.0946. The van der Waals surface area contributed by atoms with Gasteiger partial charge in [-0.1, -0.05) is 0 Å². The number of unbranched alkanes of at least 4 members (excludes halogenated alkanes) is 1. The average Bonchev–Trinajstić information content (AvgIpc) is 2.26. The van der Waals surface area contributed by atoms with Gasteiger partial charge in [0.1, 0.15) is 5.82 Å². The Hall–Kier alpha value is -1.08. The van der Waals surface area contributed by atoms with E-state index < -0.39 is 17.2 Å². The number of hydrogen-bond acceptors (Lipinski definition) is 4. The van der Waals surface area contributed by atoms with Crippen molar-refractivity contribution in [2.75, 3.05) is 32.5 Å². The summed E-state index contributed by atoms with van der Waals surface area (Å²) in [5.74, 6) is 0.0946. The number of nitrogens with one attached hydrogen (secondary N) is 1. The van der Waals surface area contributed by atoms with Gasteiger partial charge in [-0.3, -0.25) is 0 Å². The van der Waals surface area contributed by atoms with E-state index in [9.17, 15) is 13.2 Å². The summed E-state index contributed by atoms with van der Waals surface area (Å²) < 4.78 is 37.5. The van der Waals surface area contributed by atoms with Gasteiger partial charge in [0.15, 0.2) is 5.69 Å². The molecule has 1 aromatic rings. The maximum atomic E-state index is 12.5.